The predicted molar refractivity (Wildman–Crippen MR) is 126 cm³/mol. The van der Waals surface area contributed by atoms with Gasteiger partial charge in [-0.05, 0) is 48.2 Å². The van der Waals surface area contributed by atoms with Crippen LogP contribution < -0.4 is 0 Å². The minimum atomic E-state index is -4.02. The highest BCUT2D eigenvalue weighted by molar-refractivity contribution is 7.90. The summed E-state index contributed by atoms with van der Waals surface area (Å²) in [5.41, 5.74) is 2.77. The molecule has 0 fully saturated rings. The van der Waals surface area contributed by atoms with Crippen LogP contribution in [0.15, 0.2) is 71.8 Å². The highest BCUT2D eigenvalue weighted by Gasteiger charge is 2.29. The lowest BCUT2D eigenvalue weighted by molar-refractivity contribution is 0.0599. The van der Waals surface area contributed by atoms with Gasteiger partial charge in [0.2, 0.25) is 0 Å². The first-order chi connectivity index (χ1) is 15.9. The van der Waals surface area contributed by atoms with Crippen LogP contribution >= 0.6 is 0 Å². The average molecular weight is 465 g/mol. The van der Waals surface area contributed by atoms with E-state index in [9.17, 15) is 18.3 Å². The quantitative estimate of drug-likeness (QED) is 0.418. The molecule has 4 rings (SSSR count). The summed E-state index contributed by atoms with van der Waals surface area (Å²) in [7, 11) is -2.72. The van der Waals surface area contributed by atoms with E-state index in [4.69, 9.17) is 4.74 Å². The van der Waals surface area contributed by atoms with Crippen molar-refractivity contribution in [1.29, 1.82) is 0 Å². The second kappa shape index (κ2) is 9.17. The van der Waals surface area contributed by atoms with Crippen molar-refractivity contribution in [2.75, 3.05) is 13.7 Å². The van der Waals surface area contributed by atoms with Crippen LogP contribution in [0.25, 0.3) is 22.3 Å². The molecule has 0 atom stereocenters. The van der Waals surface area contributed by atoms with E-state index in [0.29, 0.717) is 45.4 Å². The van der Waals surface area contributed by atoms with Crippen molar-refractivity contribution in [3.05, 3.63) is 83.6 Å². The summed E-state index contributed by atoms with van der Waals surface area (Å²) in [5.74, 6) is -0.521. The number of aryl methyl sites for hydroxylation is 1. The Kier molecular flexibility index (Phi) is 6.31. The number of pyridine rings is 1. The lowest BCUT2D eigenvalue weighted by Gasteiger charge is -2.14. The maximum atomic E-state index is 13.8. The van der Waals surface area contributed by atoms with Gasteiger partial charge in [-0.2, -0.15) is 0 Å². The normalized spacial score (nSPS) is 11.6. The molecule has 2 aromatic carbocycles. The van der Waals surface area contributed by atoms with Gasteiger partial charge in [0.1, 0.15) is 0 Å². The summed E-state index contributed by atoms with van der Waals surface area (Å²) >= 11 is 0. The Balaban J connectivity index is 2.12. The van der Waals surface area contributed by atoms with Crippen LogP contribution in [0, 0.1) is 0 Å². The monoisotopic (exact) mass is 464 g/mol. The van der Waals surface area contributed by atoms with Crippen LogP contribution in [0.5, 0.6) is 0 Å². The van der Waals surface area contributed by atoms with Crippen LogP contribution in [0.3, 0.4) is 0 Å². The third kappa shape index (κ3) is 3.92. The number of benzene rings is 2. The minimum absolute atomic E-state index is 0.126. The number of fused-ring (bicyclic) bond motifs is 1. The third-order valence-electron chi connectivity index (χ3n) is 5.60. The lowest BCUT2D eigenvalue weighted by atomic mass is 10.0. The van der Waals surface area contributed by atoms with E-state index in [1.54, 1.807) is 42.6 Å². The smallest absolute Gasteiger partial charge is 0.338 e. The first kappa shape index (κ1) is 22.7. The Bertz CT molecular complexity index is 1430. The molecule has 0 aliphatic heterocycles. The molecule has 2 heterocycles. The topological polar surface area (TPSA) is 98.5 Å². The van der Waals surface area contributed by atoms with Crippen molar-refractivity contribution in [1.82, 2.24) is 8.96 Å². The molecule has 1 N–H and O–H groups in total. The highest BCUT2D eigenvalue weighted by Crippen LogP contribution is 2.37. The van der Waals surface area contributed by atoms with Gasteiger partial charge in [0.05, 0.1) is 34.5 Å². The number of nitrogens with zero attached hydrogens (tertiary/aromatic N) is 2. The number of carbonyl (C=O) groups excluding carboxylic acids is 1. The highest BCUT2D eigenvalue weighted by atomic mass is 32.2. The first-order valence-electron chi connectivity index (χ1n) is 10.6. The Morgan fingerprint density at radius 1 is 1.09 bits per heavy atom. The van der Waals surface area contributed by atoms with Gasteiger partial charge in [-0.3, -0.25) is 4.98 Å². The molecule has 7 nitrogen and oxygen atoms in total. The van der Waals surface area contributed by atoms with Gasteiger partial charge < -0.3 is 9.84 Å². The molecule has 0 spiro atoms. The third-order valence-corrected chi connectivity index (χ3v) is 7.32. The molecule has 4 aromatic rings. The second-order valence-corrected chi connectivity index (χ2v) is 9.26. The molecular weight excluding hydrogens is 440 g/mol. The van der Waals surface area contributed by atoms with E-state index in [-0.39, 0.29) is 17.9 Å². The van der Waals surface area contributed by atoms with Crippen molar-refractivity contribution in [2.45, 2.75) is 24.7 Å². The summed E-state index contributed by atoms with van der Waals surface area (Å²) in [5, 5.41) is 10.5. The van der Waals surface area contributed by atoms with E-state index in [1.165, 1.54) is 23.2 Å². The molecule has 33 heavy (non-hydrogen) atoms. The Labute approximate surface area is 192 Å². The van der Waals surface area contributed by atoms with E-state index in [2.05, 4.69) is 4.98 Å². The fraction of sp³-hybridized carbons (Fsp3) is 0.200. The zero-order valence-electron chi connectivity index (χ0n) is 18.4. The predicted octanol–water partition coefficient (Wildman–Crippen LogP) is 3.82. The van der Waals surface area contributed by atoms with Crippen LogP contribution in [0.1, 0.15) is 28.4 Å². The molecule has 0 saturated carbocycles. The molecule has 0 aliphatic rings. The van der Waals surface area contributed by atoms with Gasteiger partial charge >= 0.3 is 5.97 Å². The Hall–Kier alpha value is -3.49. The van der Waals surface area contributed by atoms with Gasteiger partial charge in [0.25, 0.3) is 10.0 Å². The lowest BCUT2D eigenvalue weighted by Crippen LogP contribution is -2.15. The Morgan fingerprint density at radius 2 is 1.79 bits per heavy atom. The molecule has 0 unspecified atom stereocenters. The molecule has 0 amide bonds. The number of aliphatic hydroxyl groups is 1. The number of rotatable bonds is 7. The van der Waals surface area contributed by atoms with Crippen LogP contribution in [0.4, 0.5) is 0 Å². The van der Waals surface area contributed by atoms with Crippen molar-refractivity contribution in [3.63, 3.8) is 0 Å². The summed E-state index contributed by atoms with van der Waals surface area (Å²) in [6.07, 6.45) is 2.35. The molecule has 0 aliphatic carbocycles. The standard InChI is InChI=1S/C25H24N2O5S/c1-3-17-16-26-22(15-21(17)25(29)32-2)24-20(13-14-28)19-11-7-8-12-23(19)27(24)33(30,31)18-9-5-4-6-10-18/h4-12,15-16,28H,3,13-14H2,1-2H3. The van der Waals surface area contributed by atoms with Crippen LogP contribution in [0.2, 0.25) is 0 Å². The zero-order valence-corrected chi connectivity index (χ0v) is 19.2. The summed E-state index contributed by atoms with van der Waals surface area (Å²) in [6, 6.07) is 16.8. The number of aliphatic hydroxyl groups excluding tert-OH is 1. The number of esters is 1. The van der Waals surface area contributed by atoms with Gasteiger partial charge in [-0.25, -0.2) is 17.2 Å². The SMILES string of the molecule is CCc1cnc(-c2c(CCO)c3ccccc3n2S(=O)(=O)c2ccccc2)cc1C(=O)OC. The van der Waals surface area contributed by atoms with Crippen molar-refractivity contribution < 1.29 is 23.1 Å². The number of ether oxygens (including phenoxy) is 1. The number of hydrogen-bond acceptors (Lipinski definition) is 6. The van der Waals surface area contributed by atoms with E-state index >= 15 is 0 Å². The van der Waals surface area contributed by atoms with Gasteiger partial charge in [-0.1, -0.05) is 43.3 Å². The molecule has 170 valence electrons. The van der Waals surface area contributed by atoms with Crippen molar-refractivity contribution >= 4 is 26.9 Å². The minimum Gasteiger partial charge on any atom is -0.465 e. The van der Waals surface area contributed by atoms with E-state index < -0.39 is 16.0 Å². The van der Waals surface area contributed by atoms with Gasteiger partial charge in [0, 0.05) is 18.2 Å². The van der Waals surface area contributed by atoms with Crippen LogP contribution in [-0.2, 0) is 27.6 Å². The number of carbonyl (C=O) groups is 1. The second-order valence-electron chi connectivity index (χ2n) is 7.47. The number of methoxy groups -OCH3 is 1. The molecule has 8 heteroatoms. The Morgan fingerprint density at radius 3 is 2.45 bits per heavy atom. The molecular formula is C25H24N2O5S. The summed E-state index contributed by atoms with van der Waals surface area (Å²) in [4.78, 5) is 17.1. The average Bonchev–Trinajstić information content (AvgIpc) is 3.19. The van der Waals surface area contributed by atoms with E-state index in [0.717, 1.165) is 0 Å². The molecule has 0 bridgehead atoms. The maximum Gasteiger partial charge on any atom is 0.338 e. The van der Waals surface area contributed by atoms with Crippen LogP contribution in [-0.4, -0.2) is 42.2 Å². The summed E-state index contributed by atoms with van der Waals surface area (Å²) < 4.78 is 33.9. The maximum absolute atomic E-state index is 13.8. The fourth-order valence-corrected chi connectivity index (χ4v) is 5.62. The zero-order chi connectivity index (χ0) is 23.6. The summed E-state index contributed by atoms with van der Waals surface area (Å²) in [6.45, 7) is 1.72. The molecule has 0 saturated heterocycles. The van der Waals surface area contributed by atoms with Crippen molar-refractivity contribution in [2.24, 2.45) is 0 Å². The number of aromatic nitrogens is 2. The first-order valence-corrected chi connectivity index (χ1v) is 12.0. The van der Waals surface area contributed by atoms with Crippen molar-refractivity contribution in [3.8, 4) is 11.4 Å². The fourth-order valence-electron chi connectivity index (χ4n) is 4.04. The number of hydrogen-bond donors (Lipinski definition) is 1. The van der Waals surface area contributed by atoms with Gasteiger partial charge in [-0.15, -0.1) is 0 Å². The molecule has 0 radical (unpaired) electrons. The largest absolute Gasteiger partial charge is 0.465 e. The number of para-hydroxylation sites is 1. The van der Waals surface area contributed by atoms with E-state index in [1.807, 2.05) is 19.1 Å². The molecule has 2 aromatic heterocycles. The van der Waals surface area contributed by atoms with Gasteiger partial charge in [0.15, 0.2) is 0 Å².